The van der Waals surface area contributed by atoms with E-state index in [1.165, 1.54) is 18.3 Å². The second-order valence-corrected chi connectivity index (χ2v) is 8.44. The van der Waals surface area contributed by atoms with Crippen molar-refractivity contribution in [3.05, 3.63) is 58.1 Å². The third-order valence-electron chi connectivity index (χ3n) is 5.46. The molecule has 3 N–H and O–H groups in total. The molecule has 38 heavy (non-hydrogen) atoms. The molecule has 0 saturated carbocycles. The van der Waals surface area contributed by atoms with Crippen LogP contribution in [0.25, 0.3) is 0 Å². The van der Waals surface area contributed by atoms with E-state index < -0.39 is 4.92 Å². The molecule has 12 heteroatoms. The average Bonchev–Trinajstić information content (AvgIpc) is 2.90. The normalized spacial score (nSPS) is 10.9. The number of hydrogen-bond acceptors (Lipinski definition) is 11. The number of aromatic nitrogens is 3. The average molecular weight is 523 g/mol. The lowest BCUT2D eigenvalue weighted by Crippen LogP contribution is -2.28. The highest BCUT2D eigenvalue weighted by molar-refractivity contribution is 5.81. The molecule has 0 spiro atoms. The van der Waals surface area contributed by atoms with Crippen molar-refractivity contribution in [2.75, 3.05) is 35.3 Å². The molecule has 1 aromatic heterocycles. The molecular weight excluding hydrogens is 488 g/mol. The van der Waals surface area contributed by atoms with Crippen molar-refractivity contribution in [2.24, 2.45) is 5.10 Å². The van der Waals surface area contributed by atoms with Crippen molar-refractivity contribution in [1.82, 2.24) is 15.0 Å². The number of ether oxygens (including phenoxy) is 1. The fourth-order valence-electron chi connectivity index (χ4n) is 3.47. The predicted octanol–water partition coefficient (Wildman–Crippen LogP) is 5.48. The van der Waals surface area contributed by atoms with Gasteiger partial charge in [-0.05, 0) is 55.7 Å². The first-order valence-corrected chi connectivity index (χ1v) is 12.7. The van der Waals surface area contributed by atoms with Crippen LogP contribution < -0.4 is 20.4 Å². The zero-order valence-corrected chi connectivity index (χ0v) is 21.9. The summed E-state index contributed by atoms with van der Waals surface area (Å²) < 4.78 is 5.36. The minimum atomic E-state index is -0.450. The van der Waals surface area contributed by atoms with E-state index in [4.69, 9.17) is 4.74 Å². The van der Waals surface area contributed by atoms with Crippen molar-refractivity contribution >= 4 is 35.4 Å². The Morgan fingerprint density at radius 2 is 1.71 bits per heavy atom. The van der Waals surface area contributed by atoms with Gasteiger partial charge in [-0.25, -0.2) is 5.43 Å². The highest BCUT2D eigenvalue weighted by Gasteiger charge is 2.14. The van der Waals surface area contributed by atoms with Gasteiger partial charge in [0.25, 0.3) is 5.69 Å². The van der Waals surface area contributed by atoms with Crippen LogP contribution in [0.3, 0.4) is 0 Å². The number of nitro groups is 1. The number of aromatic hydroxyl groups is 1. The Kier molecular flexibility index (Phi) is 10.6. The molecule has 2 aromatic carbocycles. The van der Waals surface area contributed by atoms with Crippen molar-refractivity contribution < 1.29 is 14.8 Å². The Bertz CT molecular complexity index is 1210. The number of nitro benzene ring substituents is 1. The minimum Gasteiger partial charge on any atom is -0.504 e. The van der Waals surface area contributed by atoms with E-state index in [9.17, 15) is 15.2 Å². The first-order chi connectivity index (χ1) is 18.4. The van der Waals surface area contributed by atoms with Crippen LogP contribution >= 0.6 is 0 Å². The molecule has 0 amide bonds. The summed E-state index contributed by atoms with van der Waals surface area (Å²) in [6.45, 7) is 8.16. The van der Waals surface area contributed by atoms with Crippen molar-refractivity contribution in [3.63, 3.8) is 0 Å². The van der Waals surface area contributed by atoms with Crippen LogP contribution in [0.5, 0.6) is 11.5 Å². The van der Waals surface area contributed by atoms with Gasteiger partial charge in [-0.2, -0.15) is 20.1 Å². The Morgan fingerprint density at radius 1 is 1.03 bits per heavy atom. The molecule has 0 aliphatic heterocycles. The number of anilines is 4. The Hall–Kier alpha value is -4.48. The topological polar surface area (TPSA) is 151 Å². The summed E-state index contributed by atoms with van der Waals surface area (Å²) in [6.07, 6.45) is 5.58. The van der Waals surface area contributed by atoms with E-state index in [0.717, 1.165) is 38.8 Å². The zero-order chi connectivity index (χ0) is 27.3. The largest absolute Gasteiger partial charge is 0.504 e. The number of rotatable bonds is 15. The highest BCUT2D eigenvalue weighted by atomic mass is 16.6. The van der Waals surface area contributed by atoms with Crippen LogP contribution in [0.2, 0.25) is 0 Å². The number of hydrazone groups is 1. The van der Waals surface area contributed by atoms with Crippen molar-refractivity contribution in [3.8, 4) is 11.5 Å². The van der Waals surface area contributed by atoms with Gasteiger partial charge in [0.1, 0.15) is 0 Å². The molecule has 202 valence electrons. The van der Waals surface area contributed by atoms with Gasteiger partial charge in [-0.3, -0.25) is 10.1 Å². The minimum absolute atomic E-state index is 0.00536. The lowest BCUT2D eigenvalue weighted by atomic mass is 10.2. The Morgan fingerprint density at radius 3 is 2.32 bits per heavy atom. The SMILES string of the molecule is CCCCN(CCCC)c1nc(N/N=C/c2ccc(OCC)c(O)c2)nc(Nc2ccc([N+](=O)[O-])cc2)n1. The van der Waals surface area contributed by atoms with Gasteiger partial charge in [0.05, 0.1) is 17.7 Å². The van der Waals surface area contributed by atoms with Crippen molar-refractivity contribution in [1.29, 1.82) is 0 Å². The van der Waals surface area contributed by atoms with Gasteiger partial charge < -0.3 is 20.1 Å². The van der Waals surface area contributed by atoms with Crippen LogP contribution in [-0.4, -0.2) is 50.9 Å². The lowest BCUT2D eigenvalue weighted by Gasteiger charge is -2.23. The van der Waals surface area contributed by atoms with E-state index in [0.29, 0.717) is 29.6 Å². The molecule has 0 saturated heterocycles. The zero-order valence-electron chi connectivity index (χ0n) is 21.9. The summed E-state index contributed by atoms with van der Waals surface area (Å²) in [5.41, 5.74) is 4.10. The van der Waals surface area contributed by atoms with Gasteiger partial charge in [-0.1, -0.05) is 26.7 Å². The summed E-state index contributed by atoms with van der Waals surface area (Å²) in [4.78, 5) is 26.3. The number of unbranched alkanes of at least 4 members (excludes halogenated alkanes) is 2. The van der Waals surface area contributed by atoms with E-state index in [2.05, 4.69) is 49.5 Å². The Balaban J connectivity index is 1.86. The van der Waals surface area contributed by atoms with Crippen LogP contribution in [0.4, 0.5) is 29.2 Å². The summed E-state index contributed by atoms with van der Waals surface area (Å²) >= 11 is 0. The quantitative estimate of drug-likeness (QED) is 0.133. The van der Waals surface area contributed by atoms with Gasteiger partial charge in [0.2, 0.25) is 17.8 Å². The molecule has 0 atom stereocenters. The van der Waals surface area contributed by atoms with Crippen molar-refractivity contribution in [2.45, 2.75) is 46.5 Å². The van der Waals surface area contributed by atoms with Gasteiger partial charge in [-0.15, -0.1) is 0 Å². The first kappa shape index (κ1) is 28.1. The second-order valence-electron chi connectivity index (χ2n) is 8.44. The van der Waals surface area contributed by atoms with E-state index >= 15 is 0 Å². The maximum Gasteiger partial charge on any atom is 0.269 e. The summed E-state index contributed by atoms with van der Waals surface area (Å²) in [5.74, 6) is 1.43. The fourth-order valence-corrected chi connectivity index (χ4v) is 3.47. The van der Waals surface area contributed by atoms with E-state index in [-0.39, 0.29) is 23.3 Å². The van der Waals surface area contributed by atoms with Crippen LogP contribution in [-0.2, 0) is 0 Å². The molecule has 3 rings (SSSR count). The smallest absolute Gasteiger partial charge is 0.269 e. The number of phenolic OH excluding ortho intramolecular Hbond substituents is 1. The Labute approximate surface area is 222 Å². The third kappa shape index (κ3) is 8.29. The molecule has 0 aliphatic rings. The summed E-state index contributed by atoms with van der Waals surface area (Å²) in [6, 6.07) is 11.0. The molecule has 0 bridgehead atoms. The fraction of sp³-hybridized carbons (Fsp3) is 0.385. The summed E-state index contributed by atoms with van der Waals surface area (Å²) in [5, 5.41) is 28.4. The number of phenols is 1. The summed E-state index contributed by atoms with van der Waals surface area (Å²) in [7, 11) is 0. The monoisotopic (exact) mass is 522 g/mol. The predicted molar refractivity (Wildman–Crippen MR) is 149 cm³/mol. The number of non-ortho nitro benzene ring substituents is 1. The molecule has 0 aliphatic carbocycles. The highest BCUT2D eigenvalue weighted by Crippen LogP contribution is 2.26. The lowest BCUT2D eigenvalue weighted by molar-refractivity contribution is -0.384. The number of benzene rings is 2. The van der Waals surface area contributed by atoms with Crippen LogP contribution in [0.15, 0.2) is 47.6 Å². The first-order valence-electron chi connectivity index (χ1n) is 12.7. The molecule has 0 fully saturated rings. The van der Waals surface area contributed by atoms with Gasteiger partial charge in [0.15, 0.2) is 11.5 Å². The standard InChI is InChI=1S/C26H34N8O4/c1-4-7-15-33(16-8-5-2)26-30-24(28-20-10-12-21(13-11-20)34(36)37)29-25(31-26)32-27-18-19-9-14-23(38-6-3)22(35)17-19/h9-14,17-18,35H,4-8,15-16H2,1-3H3,(H2,28,29,30,31,32)/b27-18+. The number of hydrogen-bond donors (Lipinski definition) is 3. The van der Waals surface area contributed by atoms with E-state index in [1.54, 1.807) is 30.3 Å². The molecule has 12 nitrogen and oxygen atoms in total. The molecule has 0 radical (unpaired) electrons. The van der Waals surface area contributed by atoms with Crippen LogP contribution in [0.1, 0.15) is 52.0 Å². The van der Waals surface area contributed by atoms with Gasteiger partial charge >= 0.3 is 0 Å². The van der Waals surface area contributed by atoms with E-state index in [1.807, 2.05) is 6.92 Å². The van der Waals surface area contributed by atoms with Gasteiger partial charge in [0, 0.05) is 30.9 Å². The second kappa shape index (κ2) is 14.3. The third-order valence-corrected chi connectivity index (χ3v) is 5.46. The molecule has 1 heterocycles. The maximum atomic E-state index is 11.0. The maximum absolute atomic E-state index is 11.0. The molecule has 0 unspecified atom stereocenters. The molecule has 3 aromatic rings. The molecular formula is C26H34N8O4. The number of nitrogens with zero attached hydrogens (tertiary/aromatic N) is 6. The number of nitrogens with one attached hydrogen (secondary N) is 2. The van der Waals surface area contributed by atoms with Crippen LogP contribution in [0, 0.1) is 10.1 Å².